The zero-order valence-electron chi connectivity index (χ0n) is 19.1. The van der Waals surface area contributed by atoms with Crippen LogP contribution in [0.3, 0.4) is 0 Å². The first-order chi connectivity index (χ1) is 16.9. The molecule has 10 nitrogen and oxygen atoms in total. The van der Waals surface area contributed by atoms with Crippen LogP contribution in [-0.2, 0) is 17.8 Å². The molecule has 0 spiro atoms. The maximum absolute atomic E-state index is 15.0. The van der Waals surface area contributed by atoms with E-state index in [1.807, 2.05) is 20.0 Å². The molecular weight excluding hydrogens is 453 g/mol. The number of amides is 1. The summed E-state index contributed by atoms with van der Waals surface area (Å²) in [7, 11) is 0. The number of nitrogens with zero attached hydrogens (tertiary/aromatic N) is 7. The van der Waals surface area contributed by atoms with Crippen LogP contribution in [0.15, 0.2) is 55.1 Å². The Balaban J connectivity index is 1.28. The Morgan fingerprint density at radius 1 is 1.23 bits per heavy atom. The van der Waals surface area contributed by atoms with Crippen molar-refractivity contribution in [3.63, 3.8) is 0 Å². The Morgan fingerprint density at radius 2 is 2.09 bits per heavy atom. The van der Waals surface area contributed by atoms with Crippen molar-refractivity contribution in [2.75, 3.05) is 11.4 Å². The van der Waals surface area contributed by atoms with E-state index < -0.39 is 18.0 Å². The summed E-state index contributed by atoms with van der Waals surface area (Å²) in [6.45, 7) is 4.46. The molecule has 11 heteroatoms. The number of halogens is 1. The molecule has 1 aliphatic heterocycles. The lowest BCUT2D eigenvalue weighted by Crippen LogP contribution is -2.26. The zero-order chi connectivity index (χ0) is 24.5. The van der Waals surface area contributed by atoms with Crippen LogP contribution < -0.4 is 4.90 Å². The maximum atomic E-state index is 15.0. The zero-order valence-corrected chi connectivity index (χ0v) is 19.1. The van der Waals surface area contributed by atoms with E-state index in [0.717, 1.165) is 11.5 Å². The van der Waals surface area contributed by atoms with Gasteiger partial charge in [-0.2, -0.15) is 0 Å². The van der Waals surface area contributed by atoms with Gasteiger partial charge < -0.3 is 9.30 Å². The largest absolute Gasteiger partial charge is 0.442 e. The summed E-state index contributed by atoms with van der Waals surface area (Å²) in [6.07, 6.45) is 5.53. The highest BCUT2D eigenvalue weighted by atomic mass is 19.1. The van der Waals surface area contributed by atoms with Crippen LogP contribution in [0.2, 0.25) is 0 Å². The van der Waals surface area contributed by atoms with Crippen LogP contribution in [0.4, 0.5) is 14.9 Å². The van der Waals surface area contributed by atoms with Crippen molar-refractivity contribution in [3.05, 3.63) is 78.1 Å². The monoisotopic (exact) mass is 475 g/mol. The standard InChI is InChI=1S/C24H22FN7O3/c1-15-11-30(16(2)28-15)14-23(33)22-6-3-17(10-26-22)20-5-4-18(9-21(20)25)32-13-19(35-24(32)34)12-31-8-7-27-29-31/h3-11,19H,12-14H2,1-2H3/t19-/m0/s1. The number of anilines is 1. The van der Waals surface area contributed by atoms with E-state index in [4.69, 9.17) is 4.74 Å². The molecule has 1 aromatic carbocycles. The summed E-state index contributed by atoms with van der Waals surface area (Å²) in [5.41, 5.74) is 2.35. The van der Waals surface area contributed by atoms with E-state index in [-0.39, 0.29) is 24.6 Å². The maximum Gasteiger partial charge on any atom is 0.414 e. The molecule has 1 atom stereocenters. The topological polar surface area (TPSA) is 108 Å². The minimum atomic E-state index is -0.546. The summed E-state index contributed by atoms with van der Waals surface area (Å²) in [5, 5.41) is 7.60. The van der Waals surface area contributed by atoms with Crippen LogP contribution in [-0.4, -0.2) is 54.1 Å². The van der Waals surface area contributed by atoms with Crippen molar-refractivity contribution in [2.24, 2.45) is 0 Å². The number of ketones is 1. The van der Waals surface area contributed by atoms with Gasteiger partial charge in [-0.25, -0.2) is 18.9 Å². The Hall–Kier alpha value is -4.41. The second-order valence-electron chi connectivity index (χ2n) is 8.32. The average molecular weight is 475 g/mol. The van der Waals surface area contributed by atoms with Crippen LogP contribution in [0.1, 0.15) is 22.0 Å². The minimum Gasteiger partial charge on any atom is -0.442 e. The first kappa shape index (κ1) is 22.4. The Bertz CT molecular complexity index is 1380. The van der Waals surface area contributed by atoms with E-state index >= 15 is 4.39 Å². The summed E-state index contributed by atoms with van der Waals surface area (Å²) >= 11 is 0. The summed E-state index contributed by atoms with van der Waals surface area (Å²) < 4.78 is 23.7. The van der Waals surface area contributed by atoms with Crippen LogP contribution in [0.5, 0.6) is 0 Å². The van der Waals surface area contributed by atoms with E-state index in [1.54, 1.807) is 45.9 Å². The lowest BCUT2D eigenvalue weighted by atomic mass is 10.1. The first-order valence-electron chi connectivity index (χ1n) is 11.0. The molecule has 0 unspecified atom stereocenters. The number of hydrogen-bond donors (Lipinski definition) is 0. The molecule has 0 radical (unpaired) electrons. The fourth-order valence-electron chi connectivity index (χ4n) is 4.05. The number of aromatic nitrogens is 6. The molecule has 0 aliphatic carbocycles. The van der Waals surface area contributed by atoms with Crippen molar-refractivity contribution in [1.82, 2.24) is 29.5 Å². The summed E-state index contributed by atoms with van der Waals surface area (Å²) in [4.78, 5) is 34.8. The molecule has 0 bridgehead atoms. The van der Waals surface area contributed by atoms with Crippen LogP contribution >= 0.6 is 0 Å². The van der Waals surface area contributed by atoms with Gasteiger partial charge in [-0.05, 0) is 38.1 Å². The van der Waals surface area contributed by atoms with Gasteiger partial charge >= 0.3 is 6.09 Å². The molecule has 4 heterocycles. The van der Waals surface area contributed by atoms with Gasteiger partial charge in [0.15, 0.2) is 0 Å². The number of cyclic esters (lactones) is 1. The number of carbonyl (C=O) groups is 2. The highest BCUT2D eigenvalue weighted by Gasteiger charge is 2.33. The van der Waals surface area contributed by atoms with Crippen molar-refractivity contribution in [3.8, 4) is 11.1 Å². The van der Waals surface area contributed by atoms with Gasteiger partial charge in [-0.15, -0.1) is 5.10 Å². The molecule has 0 saturated carbocycles. The van der Waals surface area contributed by atoms with Crippen LogP contribution in [0.25, 0.3) is 11.1 Å². The predicted molar refractivity (Wildman–Crippen MR) is 123 cm³/mol. The molecule has 178 valence electrons. The number of hydrogen-bond acceptors (Lipinski definition) is 7. The molecule has 3 aromatic heterocycles. The Labute approximate surface area is 200 Å². The molecule has 5 rings (SSSR count). The quantitative estimate of drug-likeness (QED) is 0.378. The number of ether oxygens (including phenoxy) is 1. The van der Waals surface area contributed by atoms with Crippen LogP contribution in [0, 0.1) is 19.7 Å². The normalized spacial score (nSPS) is 15.5. The molecule has 1 amide bonds. The fourth-order valence-corrected chi connectivity index (χ4v) is 4.05. The minimum absolute atomic E-state index is 0.131. The van der Waals surface area contributed by atoms with Crippen molar-refractivity contribution in [1.29, 1.82) is 0 Å². The number of benzene rings is 1. The smallest absolute Gasteiger partial charge is 0.414 e. The van der Waals surface area contributed by atoms with Gasteiger partial charge in [0.05, 0.1) is 37.2 Å². The van der Waals surface area contributed by atoms with E-state index in [9.17, 15) is 9.59 Å². The third-order valence-electron chi connectivity index (χ3n) is 5.77. The van der Waals surface area contributed by atoms with E-state index in [2.05, 4.69) is 20.3 Å². The Kier molecular flexibility index (Phi) is 5.81. The lowest BCUT2D eigenvalue weighted by molar-refractivity contribution is 0.0966. The van der Waals surface area contributed by atoms with Gasteiger partial charge in [0.2, 0.25) is 5.78 Å². The third-order valence-corrected chi connectivity index (χ3v) is 5.77. The van der Waals surface area contributed by atoms with Crippen molar-refractivity contribution < 1.29 is 18.7 Å². The van der Waals surface area contributed by atoms with Crippen molar-refractivity contribution >= 4 is 17.6 Å². The molecule has 4 aromatic rings. The average Bonchev–Trinajstić information content (AvgIpc) is 3.55. The van der Waals surface area contributed by atoms with Gasteiger partial charge in [-0.3, -0.25) is 14.7 Å². The molecule has 0 N–H and O–H groups in total. The number of pyridine rings is 1. The number of rotatable bonds is 7. The first-order valence-corrected chi connectivity index (χ1v) is 11.0. The van der Waals surface area contributed by atoms with E-state index in [0.29, 0.717) is 23.4 Å². The number of imidazole rings is 1. The number of carbonyl (C=O) groups excluding carboxylic acids is 2. The fraction of sp³-hybridized carbons (Fsp3) is 0.250. The molecule has 1 saturated heterocycles. The van der Waals surface area contributed by atoms with Gasteiger partial charge in [0, 0.05) is 29.7 Å². The van der Waals surface area contributed by atoms with Crippen molar-refractivity contribution in [2.45, 2.75) is 33.0 Å². The lowest BCUT2D eigenvalue weighted by Gasteiger charge is -2.14. The number of Topliss-reactive ketones (excluding diaryl/α,β-unsaturated/α-hetero) is 1. The molecule has 35 heavy (non-hydrogen) atoms. The predicted octanol–water partition coefficient (Wildman–Crippen LogP) is 3.20. The van der Waals surface area contributed by atoms with Gasteiger partial charge in [0.1, 0.15) is 23.4 Å². The third kappa shape index (κ3) is 4.65. The van der Waals surface area contributed by atoms with E-state index in [1.165, 1.54) is 17.2 Å². The summed E-state index contributed by atoms with van der Waals surface area (Å²) in [6, 6.07) is 7.76. The highest BCUT2D eigenvalue weighted by molar-refractivity contribution is 5.94. The molecular formula is C24H22FN7O3. The highest BCUT2D eigenvalue weighted by Crippen LogP contribution is 2.29. The second kappa shape index (κ2) is 9.09. The SMILES string of the molecule is Cc1cn(CC(=O)c2ccc(-c3ccc(N4C[C@H](Cn5ccnn5)OC4=O)cc3F)cn2)c(C)n1. The molecule has 1 aliphatic rings. The van der Waals surface area contributed by atoms with Gasteiger partial charge in [0.25, 0.3) is 0 Å². The summed E-state index contributed by atoms with van der Waals surface area (Å²) in [5.74, 6) is 0.0718. The Morgan fingerprint density at radius 3 is 2.74 bits per heavy atom. The second-order valence-corrected chi connectivity index (χ2v) is 8.32. The number of aryl methyl sites for hydroxylation is 2. The molecule has 1 fully saturated rings. The van der Waals surface area contributed by atoms with Gasteiger partial charge in [-0.1, -0.05) is 11.3 Å².